The van der Waals surface area contributed by atoms with Gasteiger partial charge in [0, 0.05) is 0 Å². The molecule has 0 aliphatic rings. The highest BCUT2D eigenvalue weighted by atomic mass is 14.0. The predicted octanol–water partition coefficient (Wildman–Crippen LogP) is 3.48. The van der Waals surface area contributed by atoms with Crippen LogP contribution in [0.15, 0.2) is 37.0 Å². The molecule has 0 radical (unpaired) electrons. The summed E-state index contributed by atoms with van der Waals surface area (Å²) >= 11 is 0. The fourth-order valence-electron chi connectivity index (χ4n) is 0.835. The van der Waals surface area contributed by atoms with Gasteiger partial charge in [0.05, 0.1) is 0 Å². The Labute approximate surface area is 64.0 Å². The van der Waals surface area contributed by atoms with Crippen molar-refractivity contribution >= 4 is 0 Å². The molecule has 0 aromatic heterocycles. The minimum Gasteiger partial charge on any atom is -0.0995 e. The molecule has 0 N–H and O–H groups in total. The van der Waals surface area contributed by atoms with E-state index in [1.807, 2.05) is 0 Å². The smallest absolute Gasteiger partial charge is 0.00759 e. The molecule has 0 aliphatic heterocycles. The molecule has 0 nitrogen and oxygen atoms in total. The van der Waals surface area contributed by atoms with Gasteiger partial charge in [-0.15, -0.1) is 0 Å². The quantitative estimate of drug-likeness (QED) is 0.401. The van der Waals surface area contributed by atoms with E-state index in [4.69, 9.17) is 0 Å². The van der Waals surface area contributed by atoms with Gasteiger partial charge in [0.2, 0.25) is 0 Å². The normalized spacial score (nSPS) is 8.90. The van der Waals surface area contributed by atoms with Gasteiger partial charge in [-0.1, -0.05) is 50.3 Å². The molecule has 0 aromatic carbocycles. The maximum Gasteiger partial charge on any atom is -0.00759 e. The fraction of sp³-hybridized carbons (Fsp3) is 0.400. The predicted molar refractivity (Wildman–Crippen MR) is 48.0 cm³/mol. The lowest BCUT2D eigenvalue weighted by atomic mass is 10.0. The van der Waals surface area contributed by atoms with Gasteiger partial charge in [-0.3, -0.25) is 0 Å². The standard InChI is InChI=1S/C10H16/c1-5-7-10(4)8-9(3)6-2/h6H,2-5,7-8H2,1H3. The van der Waals surface area contributed by atoms with Crippen LogP contribution in [0, 0.1) is 0 Å². The first kappa shape index (κ1) is 9.22. The van der Waals surface area contributed by atoms with Crippen LogP contribution in [0.5, 0.6) is 0 Å². The zero-order valence-electron chi connectivity index (χ0n) is 6.82. The summed E-state index contributed by atoms with van der Waals surface area (Å²) in [5.41, 5.74) is 2.32. The first-order chi connectivity index (χ1) is 4.70. The number of hydrogen-bond donors (Lipinski definition) is 0. The molecule has 0 aliphatic carbocycles. The van der Waals surface area contributed by atoms with Gasteiger partial charge >= 0.3 is 0 Å². The van der Waals surface area contributed by atoms with E-state index in [0.29, 0.717) is 0 Å². The Morgan fingerprint density at radius 3 is 2.40 bits per heavy atom. The van der Waals surface area contributed by atoms with E-state index in [1.165, 1.54) is 12.0 Å². The number of rotatable bonds is 5. The van der Waals surface area contributed by atoms with Crippen LogP contribution in [0.4, 0.5) is 0 Å². The summed E-state index contributed by atoms with van der Waals surface area (Å²) in [4.78, 5) is 0. The topological polar surface area (TPSA) is 0 Å². The zero-order valence-corrected chi connectivity index (χ0v) is 6.82. The molecule has 10 heavy (non-hydrogen) atoms. The van der Waals surface area contributed by atoms with Crippen LogP contribution in [-0.4, -0.2) is 0 Å². The molecule has 0 amide bonds. The summed E-state index contributed by atoms with van der Waals surface area (Å²) in [7, 11) is 0. The van der Waals surface area contributed by atoms with E-state index in [0.717, 1.165) is 18.4 Å². The molecule has 0 heteroatoms. The first-order valence-corrected chi connectivity index (χ1v) is 3.67. The van der Waals surface area contributed by atoms with Crippen LogP contribution in [-0.2, 0) is 0 Å². The first-order valence-electron chi connectivity index (χ1n) is 3.67. The van der Waals surface area contributed by atoms with Gasteiger partial charge in [-0.05, 0) is 12.8 Å². The van der Waals surface area contributed by atoms with Crippen molar-refractivity contribution in [3.8, 4) is 0 Å². The van der Waals surface area contributed by atoms with E-state index < -0.39 is 0 Å². The third-order valence-corrected chi connectivity index (χ3v) is 1.37. The average Bonchev–Trinajstić information content (AvgIpc) is 1.88. The van der Waals surface area contributed by atoms with Gasteiger partial charge in [0.1, 0.15) is 0 Å². The Morgan fingerprint density at radius 2 is 2.00 bits per heavy atom. The minimum absolute atomic E-state index is 0.914. The van der Waals surface area contributed by atoms with Gasteiger partial charge < -0.3 is 0 Å². The Morgan fingerprint density at radius 1 is 1.40 bits per heavy atom. The molecular formula is C10H16. The van der Waals surface area contributed by atoms with Crippen LogP contribution in [0.3, 0.4) is 0 Å². The fourth-order valence-corrected chi connectivity index (χ4v) is 0.835. The summed E-state index contributed by atoms with van der Waals surface area (Å²) in [6.45, 7) is 13.5. The summed E-state index contributed by atoms with van der Waals surface area (Å²) in [5.74, 6) is 0. The highest BCUT2D eigenvalue weighted by Gasteiger charge is 1.92. The molecule has 0 fully saturated rings. The summed E-state index contributed by atoms with van der Waals surface area (Å²) in [5, 5.41) is 0. The van der Waals surface area contributed by atoms with E-state index in [2.05, 4.69) is 26.7 Å². The SMILES string of the molecule is C=CC(=C)CC(=C)CCC. The maximum atomic E-state index is 3.92. The Kier molecular flexibility index (Phi) is 4.65. The van der Waals surface area contributed by atoms with Crippen molar-refractivity contribution < 1.29 is 0 Å². The van der Waals surface area contributed by atoms with Crippen LogP contribution in [0.1, 0.15) is 26.2 Å². The van der Waals surface area contributed by atoms with Crippen LogP contribution in [0.25, 0.3) is 0 Å². The summed E-state index contributed by atoms with van der Waals surface area (Å²) in [6.07, 6.45) is 4.98. The summed E-state index contributed by atoms with van der Waals surface area (Å²) < 4.78 is 0. The monoisotopic (exact) mass is 136 g/mol. The maximum absolute atomic E-state index is 3.92. The lowest BCUT2D eigenvalue weighted by Gasteiger charge is -2.01. The lowest BCUT2D eigenvalue weighted by Crippen LogP contribution is -1.81. The van der Waals surface area contributed by atoms with E-state index in [-0.39, 0.29) is 0 Å². The van der Waals surface area contributed by atoms with Crippen molar-refractivity contribution in [3.05, 3.63) is 37.0 Å². The second kappa shape index (κ2) is 5.04. The van der Waals surface area contributed by atoms with Gasteiger partial charge in [-0.25, -0.2) is 0 Å². The van der Waals surface area contributed by atoms with Crippen LogP contribution in [0.2, 0.25) is 0 Å². The molecule has 56 valence electrons. The highest BCUT2D eigenvalue weighted by molar-refractivity contribution is 5.18. The third kappa shape index (κ3) is 4.13. The Balaban J connectivity index is 3.57. The lowest BCUT2D eigenvalue weighted by molar-refractivity contribution is 0.877. The van der Waals surface area contributed by atoms with Crippen molar-refractivity contribution in [3.63, 3.8) is 0 Å². The Hall–Kier alpha value is -0.780. The molecular weight excluding hydrogens is 120 g/mol. The largest absolute Gasteiger partial charge is 0.0995 e. The average molecular weight is 136 g/mol. The zero-order chi connectivity index (χ0) is 7.98. The Bertz CT molecular complexity index is 140. The molecule has 0 spiro atoms. The van der Waals surface area contributed by atoms with Crippen molar-refractivity contribution in [2.24, 2.45) is 0 Å². The second-order valence-corrected chi connectivity index (χ2v) is 2.54. The third-order valence-electron chi connectivity index (χ3n) is 1.37. The van der Waals surface area contributed by atoms with Crippen molar-refractivity contribution in [2.45, 2.75) is 26.2 Å². The van der Waals surface area contributed by atoms with Crippen molar-refractivity contribution in [1.29, 1.82) is 0 Å². The second-order valence-electron chi connectivity index (χ2n) is 2.54. The van der Waals surface area contributed by atoms with E-state index in [1.54, 1.807) is 6.08 Å². The van der Waals surface area contributed by atoms with Crippen molar-refractivity contribution in [2.75, 3.05) is 0 Å². The summed E-state index contributed by atoms with van der Waals surface area (Å²) in [6, 6.07) is 0. The van der Waals surface area contributed by atoms with Crippen LogP contribution >= 0.6 is 0 Å². The molecule has 0 aromatic rings. The molecule has 0 bridgehead atoms. The van der Waals surface area contributed by atoms with Crippen LogP contribution < -0.4 is 0 Å². The molecule has 0 saturated carbocycles. The van der Waals surface area contributed by atoms with E-state index >= 15 is 0 Å². The molecule has 0 unspecified atom stereocenters. The molecule has 0 rings (SSSR count). The highest BCUT2D eigenvalue weighted by Crippen LogP contribution is 2.12. The van der Waals surface area contributed by atoms with Gasteiger partial charge in [-0.2, -0.15) is 0 Å². The van der Waals surface area contributed by atoms with Crippen molar-refractivity contribution in [1.82, 2.24) is 0 Å². The molecule has 0 atom stereocenters. The number of hydrogen-bond acceptors (Lipinski definition) is 0. The van der Waals surface area contributed by atoms with E-state index in [9.17, 15) is 0 Å². The number of allylic oxidation sites excluding steroid dienone is 3. The molecule has 0 heterocycles. The van der Waals surface area contributed by atoms with Gasteiger partial charge in [0.25, 0.3) is 0 Å². The minimum atomic E-state index is 0.914. The molecule has 0 saturated heterocycles. The van der Waals surface area contributed by atoms with Gasteiger partial charge in [0.15, 0.2) is 0 Å².